The zero-order valence-electron chi connectivity index (χ0n) is 46.5. The molecule has 6 heteroatoms. The van der Waals surface area contributed by atoms with Gasteiger partial charge in [-0.25, -0.2) is 0 Å². The lowest BCUT2D eigenvalue weighted by atomic mass is 9.94. The van der Waals surface area contributed by atoms with E-state index in [1.165, 1.54) is 270 Å². The third-order valence-electron chi connectivity index (χ3n) is 14.3. The fourth-order valence-electron chi connectivity index (χ4n) is 9.59. The van der Waals surface area contributed by atoms with Crippen LogP contribution in [0.5, 0.6) is 0 Å². The molecule has 0 bridgehead atoms. The number of carbonyl (C=O) groups is 2. The van der Waals surface area contributed by atoms with Gasteiger partial charge >= 0.3 is 5.97 Å². The number of esters is 1. The molecule has 2 unspecified atom stereocenters. The maximum Gasteiger partial charge on any atom is 0.308 e. The van der Waals surface area contributed by atoms with Crippen LogP contribution in [0.3, 0.4) is 0 Å². The zero-order chi connectivity index (χ0) is 49.2. The molecular formula is C61H123NO5. The monoisotopic (exact) mass is 950 g/mol. The van der Waals surface area contributed by atoms with Gasteiger partial charge in [-0.2, -0.15) is 0 Å². The number of nitrogens with zero attached hydrogens (tertiary/aromatic N) is 1. The van der Waals surface area contributed by atoms with Crippen molar-refractivity contribution >= 4 is 12.3 Å². The van der Waals surface area contributed by atoms with Crippen molar-refractivity contribution < 1.29 is 24.2 Å². The van der Waals surface area contributed by atoms with E-state index in [2.05, 4.69) is 32.6 Å². The second kappa shape index (κ2) is 61.1. The molecule has 1 N–H and O–H groups in total. The molecule has 6 nitrogen and oxygen atoms in total. The molecule has 0 aliphatic heterocycles. The third kappa shape index (κ3) is 55.8. The van der Waals surface area contributed by atoms with Crippen LogP contribution in [0.15, 0.2) is 0 Å². The van der Waals surface area contributed by atoms with Crippen LogP contribution in [0, 0.1) is 11.8 Å². The first-order valence-electron chi connectivity index (χ1n) is 30.5. The molecule has 0 aliphatic rings. The van der Waals surface area contributed by atoms with Crippen LogP contribution in [-0.4, -0.2) is 68.8 Å². The maximum atomic E-state index is 12.9. The van der Waals surface area contributed by atoms with Crippen molar-refractivity contribution in [1.29, 1.82) is 0 Å². The van der Waals surface area contributed by atoms with Crippen molar-refractivity contribution in [2.45, 2.75) is 323 Å². The standard InChI is InChI=1S/C45H91NO4.C16H32O/c1-4-6-8-10-23-29-37-44(36-28-9-7-5-2)45(48)50-43-35-27-22-18-14-12-16-20-25-31-39-46(40-32-33-41-47)38-30-24-19-15-11-13-17-21-26-34-42-49-3;1-3-5-7-9-10-12-14-16(15-17)13-11-8-6-4-2/h44,47H,4-43H2,1-3H3;15-16H,3-14H2,1-2H3. The van der Waals surface area contributed by atoms with Crippen LogP contribution in [0.4, 0.5) is 0 Å². The third-order valence-corrected chi connectivity index (χ3v) is 14.3. The van der Waals surface area contributed by atoms with E-state index in [1.807, 2.05) is 0 Å². The molecule has 402 valence electrons. The number of hydrogen-bond donors (Lipinski definition) is 1. The van der Waals surface area contributed by atoms with Gasteiger partial charge in [0.05, 0.1) is 12.5 Å². The van der Waals surface area contributed by atoms with Crippen LogP contribution in [-0.2, 0) is 19.1 Å². The highest BCUT2D eigenvalue weighted by atomic mass is 16.5. The van der Waals surface area contributed by atoms with E-state index < -0.39 is 0 Å². The van der Waals surface area contributed by atoms with Crippen LogP contribution in [0.25, 0.3) is 0 Å². The van der Waals surface area contributed by atoms with Crippen LogP contribution in [0.2, 0.25) is 0 Å². The second-order valence-corrected chi connectivity index (χ2v) is 20.9. The minimum atomic E-state index is 0.0879. The number of aliphatic hydroxyl groups is 1. The fraction of sp³-hybridized carbons (Fsp3) is 0.967. The Morgan fingerprint density at radius 2 is 0.701 bits per heavy atom. The fourth-order valence-corrected chi connectivity index (χ4v) is 9.59. The van der Waals surface area contributed by atoms with Gasteiger partial charge in [0, 0.05) is 26.2 Å². The van der Waals surface area contributed by atoms with Crippen LogP contribution >= 0.6 is 0 Å². The molecule has 0 radical (unpaired) electrons. The molecule has 67 heavy (non-hydrogen) atoms. The summed E-state index contributed by atoms with van der Waals surface area (Å²) in [5, 5.41) is 9.24. The summed E-state index contributed by atoms with van der Waals surface area (Å²) in [6.07, 6.45) is 59.9. The van der Waals surface area contributed by atoms with E-state index in [0.29, 0.717) is 19.1 Å². The number of methoxy groups -OCH3 is 1. The van der Waals surface area contributed by atoms with Gasteiger partial charge in [0.1, 0.15) is 6.29 Å². The summed E-state index contributed by atoms with van der Waals surface area (Å²) < 4.78 is 10.9. The van der Waals surface area contributed by atoms with E-state index in [0.717, 1.165) is 58.1 Å². The first-order valence-corrected chi connectivity index (χ1v) is 30.5. The number of hydrogen-bond acceptors (Lipinski definition) is 6. The van der Waals surface area contributed by atoms with Gasteiger partial charge in [-0.3, -0.25) is 4.79 Å². The average Bonchev–Trinajstić information content (AvgIpc) is 3.34. The Morgan fingerprint density at radius 1 is 0.403 bits per heavy atom. The predicted octanol–water partition coefficient (Wildman–Crippen LogP) is 18.9. The normalized spacial score (nSPS) is 12.3. The Bertz CT molecular complexity index is 916. The molecule has 2 atom stereocenters. The van der Waals surface area contributed by atoms with Gasteiger partial charge in [-0.15, -0.1) is 0 Å². The minimum Gasteiger partial charge on any atom is -0.465 e. The topological polar surface area (TPSA) is 76.1 Å². The van der Waals surface area contributed by atoms with Gasteiger partial charge in [-0.05, 0) is 83.8 Å². The summed E-state index contributed by atoms with van der Waals surface area (Å²) in [5.74, 6) is 0.562. The highest BCUT2D eigenvalue weighted by molar-refractivity contribution is 5.72. The highest BCUT2D eigenvalue weighted by Gasteiger charge is 2.19. The molecule has 0 amide bonds. The highest BCUT2D eigenvalue weighted by Crippen LogP contribution is 2.22. The van der Waals surface area contributed by atoms with Crippen molar-refractivity contribution in [3.8, 4) is 0 Å². The summed E-state index contributed by atoms with van der Waals surface area (Å²) in [4.78, 5) is 26.5. The Labute approximate surface area is 421 Å². The van der Waals surface area contributed by atoms with E-state index in [4.69, 9.17) is 9.47 Å². The van der Waals surface area contributed by atoms with Gasteiger partial charge in [0.25, 0.3) is 0 Å². The molecule has 0 aliphatic carbocycles. The van der Waals surface area contributed by atoms with Gasteiger partial charge in [0.15, 0.2) is 0 Å². The van der Waals surface area contributed by atoms with Gasteiger partial charge in [0.2, 0.25) is 0 Å². The number of aldehydes is 1. The lowest BCUT2D eigenvalue weighted by Crippen LogP contribution is -2.27. The summed E-state index contributed by atoms with van der Waals surface area (Å²) >= 11 is 0. The lowest BCUT2D eigenvalue weighted by Gasteiger charge is -2.22. The summed E-state index contributed by atoms with van der Waals surface area (Å²) in [5.41, 5.74) is 0. The van der Waals surface area contributed by atoms with Crippen LogP contribution in [0.1, 0.15) is 323 Å². The smallest absolute Gasteiger partial charge is 0.308 e. The van der Waals surface area contributed by atoms with E-state index in [9.17, 15) is 14.7 Å². The van der Waals surface area contributed by atoms with Gasteiger partial charge in [-0.1, -0.05) is 259 Å². The predicted molar refractivity (Wildman–Crippen MR) is 294 cm³/mol. The Hall–Kier alpha value is -0.980. The number of ether oxygens (including phenoxy) is 2. The number of unbranched alkanes of at least 4 members (excludes halogenated alkanes) is 35. The van der Waals surface area contributed by atoms with Gasteiger partial charge < -0.3 is 24.3 Å². The van der Waals surface area contributed by atoms with E-state index in [-0.39, 0.29) is 11.9 Å². The molecule has 0 aromatic heterocycles. The zero-order valence-corrected chi connectivity index (χ0v) is 46.5. The molecule has 0 aromatic carbocycles. The Kier molecular flexibility index (Phi) is 62.1. The molecule has 0 spiro atoms. The first kappa shape index (κ1) is 68.1. The van der Waals surface area contributed by atoms with Crippen LogP contribution < -0.4 is 0 Å². The number of aliphatic hydroxyl groups excluding tert-OH is 1. The quantitative estimate of drug-likeness (QED) is 0.0372. The van der Waals surface area contributed by atoms with Crippen molar-refractivity contribution in [3.63, 3.8) is 0 Å². The molecule has 0 aromatic rings. The molecule has 0 heterocycles. The Balaban J connectivity index is 0. The minimum absolute atomic E-state index is 0.0879. The SMILES string of the molecule is CCCCCCCCC(C=O)CCCCCC.CCCCCCCCC(CCCCCC)C(=O)OCCCCCCCCCCCCN(CCCCO)CCCCCCCCCCCCOC. The van der Waals surface area contributed by atoms with E-state index >= 15 is 0 Å². The molecule has 0 saturated carbocycles. The molecular weight excluding hydrogens is 827 g/mol. The molecule has 0 fully saturated rings. The largest absolute Gasteiger partial charge is 0.465 e. The summed E-state index contributed by atoms with van der Waals surface area (Å²) in [6, 6.07) is 0. The summed E-state index contributed by atoms with van der Waals surface area (Å²) in [6.45, 7) is 14.5. The van der Waals surface area contributed by atoms with Crippen molar-refractivity contribution in [2.75, 3.05) is 46.6 Å². The first-order chi connectivity index (χ1) is 33.0. The molecule has 0 saturated heterocycles. The average molecular weight is 951 g/mol. The second-order valence-electron chi connectivity index (χ2n) is 20.9. The summed E-state index contributed by atoms with van der Waals surface area (Å²) in [7, 11) is 1.80. The van der Waals surface area contributed by atoms with Crippen molar-refractivity contribution in [2.24, 2.45) is 11.8 Å². The number of rotatable bonds is 56. The lowest BCUT2D eigenvalue weighted by molar-refractivity contribution is -0.149. The van der Waals surface area contributed by atoms with E-state index in [1.54, 1.807) is 7.11 Å². The molecule has 0 rings (SSSR count). The van der Waals surface area contributed by atoms with Crippen molar-refractivity contribution in [1.82, 2.24) is 4.90 Å². The van der Waals surface area contributed by atoms with Crippen molar-refractivity contribution in [3.05, 3.63) is 0 Å². The maximum absolute atomic E-state index is 12.9. The number of carbonyl (C=O) groups excluding carboxylic acids is 2. The Morgan fingerprint density at radius 3 is 1.06 bits per heavy atom.